The van der Waals surface area contributed by atoms with Crippen molar-refractivity contribution in [1.82, 2.24) is 5.32 Å². The Bertz CT molecular complexity index is 531. The minimum absolute atomic E-state index is 0.0706. The third-order valence-corrected chi connectivity index (χ3v) is 4.97. The molecule has 0 saturated carbocycles. The van der Waals surface area contributed by atoms with Crippen LogP contribution in [0.15, 0.2) is 18.2 Å². The molecule has 1 aromatic rings. The van der Waals surface area contributed by atoms with Crippen molar-refractivity contribution >= 4 is 9.84 Å². The summed E-state index contributed by atoms with van der Waals surface area (Å²) in [5, 5.41) is 2.97. The quantitative estimate of drug-likeness (QED) is 0.749. The predicted molar refractivity (Wildman–Crippen MR) is 78.3 cm³/mol. The zero-order valence-electron chi connectivity index (χ0n) is 12.1. The van der Waals surface area contributed by atoms with Gasteiger partial charge in [-0.2, -0.15) is 0 Å². The number of hydrogen-bond donors (Lipinski definition) is 1. The summed E-state index contributed by atoms with van der Waals surface area (Å²) >= 11 is 0. The average molecular weight is 303 g/mol. The van der Waals surface area contributed by atoms with Crippen LogP contribution in [0.4, 0.5) is 4.39 Å². The molecule has 0 amide bonds. The molecule has 114 valence electrons. The van der Waals surface area contributed by atoms with Gasteiger partial charge in [-0.3, -0.25) is 0 Å². The summed E-state index contributed by atoms with van der Waals surface area (Å²) in [6.45, 7) is 3.75. The van der Waals surface area contributed by atoms with E-state index in [1.165, 1.54) is 6.07 Å². The van der Waals surface area contributed by atoms with E-state index in [2.05, 4.69) is 5.32 Å². The molecule has 1 atom stereocenters. The molecule has 0 saturated heterocycles. The molecule has 0 radical (unpaired) electrons. The highest BCUT2D eigenvalue weighted by Gasteiger charge is 2.10. The summed E-state index contributed by atoms with van der Waals surface area (Å²) in [7, 11) is -1.20. The predicted octanol–water partition coefficient (Wildman–Crippen LogP) is 2.31. The Morgan fingerprint density at radius 2 is 2.10 bits per heavy atom. The smallest absolute Gasteiger partial charge is 0.150 e. The maximum absolute atomic E-state index is 13.8. The average Bonchev–Trinajstić information content (AvgIpc) is 2.43. The molecule has 1 aromatic carbocycles. The van der Waals surface area contributed by atoms with E-state index in [0.29, 0.717) is 17.7 Å². The third kappa shape index (κ3) is 5.09. The van der Waals surface area contributed by atoms with Gasteiger partial charge in [0.2, 0.25) is 0 Å². The van der Waals surface area contributed by atoms with Gasteiger partial charge < -0.3 is 10.1 Å². The van der Waals surface area contributed by atoms with Crippen LogP contribution < -0.4 is 10.1 Å². The van der Waals surface area contributed by atoms with Crippen LogP contribution in [-0.4, -0.2) is 33.6 Å². The number of ether oxygens (including phenoxy) is 1. The van der Waals surface area contributed by atoms with Crippen LogP contribution in [0, 0.1) is 5.82 Å². The molecule has 6 heteroatoms. The molecule has 0 aliphatic rings. The van der Waals surface area contributed by atoms with Crippen molar-refractivity contribution in [2.75, 3.05) is 25.2 Å². The molecular formula is C14H22FNO3S. The highest BCUT2D eigenvalue weighted by Crippen LogP contribution is 2.21. The van der Waals surface area contributed by atoms with E-state index in [4.69, 9.17) is 4.74 Å². The lowest BCUT2D eigenvalue weighted by atomic mass is 10.1. The van der Waals surface area contributed by atoms with Crippen molar-refractivity contribution in [3.63, 3.8) is 0 Å². The normalized spacial score (nSPS) is 13.2. The van der Waals surface area contributed by atoms with Crippen LogP contribution in [0.3, 0.4) is 0 Å². The number of halogens is 1. The van der Waals surface area contributed by atoms with E-state index >= 15 is 0 Å². The summed E-state index contributed by atoms with van der Waals surface area (Å²) in [5.41, 5.74) is 0.577. The Morgan fingerprint density at radius 3 is 2.65 bits per heavy atom. The molecule has 20 heavy (non-hydrogen) atoms. The third-order valence-electron chi connectivity index (χ3n) is 3.18. The van der Waals surface area contributed by atoms with Gasteiger partial charge >= 0.3 is 0 Å². The first kappa shape index (κ1) is 16.9. The molecule has 0 spiro atoms. The minimum Gasteiger partial charge on any atom is -0.493 e. The van der Waals surface area contributed by atoms with Gasteiger partial charge in [0, 0.05) is 23.4 Å². The second-order valence-electron chi connectivity index (χ2n) is 4.63. The van der Waals surface area contributed by atoms with E-state index in [1.807, 2.05) is 6.92 Å². The van der Waals surface area contributed by atoms with Crippen molar-refractivity contribution in [1.29, 1.82) is 0 Å². The van der Waals surface area contributed by atoms with Crippen molar-refractivity contribution in [2.24, 2.45) is 0 Å². The van der Waals surface area contributed by atoms with Gasteiger partial charge in [-0.1, -0.05) is 13.0 Å². The van der Waals surface area contributed by atoms with Gasteiger partial charge in [0.1, 0.15) is 21.4 Å². The number of sulfone groups is 1. The summed E-state index contributed by atoms with van der Waals surface area (Å²) < 4.78 is 41.8. The zero-order valence-corrected chi connectivity index (χ0v) is 13.0. The lowest BCUT2D eigenvalue weighted by molar-refractivity contribution is 0.315. The number of rotatable bonds is 8. The Morgan fingerprint density at radius 1 is 1.40 bits per heavy atom. The molecule has 1 unspecified atom stereocenters. The standard InChI is InChI=1S/C14H22FNO3S/c1-4-20(17,18)9-5-8-19-12-6-7-13(11(2)16-3)14(15)10-12/h6-7,10-11,16H,4-5,8-9H2,1-3H3. The van der Waals surface area contributed by atoms with E-state index in [0.717, 1.165) is 0 Å². The van der Waals surface area contributed by atoms with Gasteiger partial charge in [-0.05, 0) is 26.5 Å². The fourth-order valence-corrected chi connectivity index (χ4v) is 2.56. The SMILES string of the molecule is CCS(=O)(=O)CCCOc1ccc(C(C)NC)c(F)c1. The van der Waals surface area contributed by atoms with Crippen LogP contribution in [-0.2, 0) is 9.84 Å². The Hall–Kier alpha value is -1.14. The zero-order chi connectivity index (χ0) is 15.2. The Balaban J connectivity index is 2.52. The van der Waals surface area contributed by atoms with Crippen LogP contribution >= 0.6 is 0 Å². The number of nitrogens with one attached hydrogen (secondary N) is 1. The fourth-order valence-electron chi connectivity index (χ4n) is 1.72. The van der Waals surface area contributed by atoms with E-state index in [-0.39, 0.29) is 30.0 Å². The Labute approximate surface area is 120 Å². The molecular weight excluding hydrogens is 281 g/mol. The van der Waals surface area contributed by atoms with Gasteiger partial charge in [-0.25, -0.2) is 12.8 Å². The van der Waals surface area contributed by atoms with Gasteiger partial charge in [0.15, 0.2) is 0 Å². The molecule has 0 aliphatic carbocycles. The molecule has 0 aliphatic heterocycles. The number of hydrogen-bond acceptors (Lipinski definition) is 4. The number of benzene rings is 1. The first-order valence-corrected chi connectivity index (χ1v) is 8.51. The van der Waals surface area contributed by atoms with Gasteiger partial charge in [0.25, 0.3) is 0 Å². The molecule has 0 aromatic heterocycles. The molecule has 1 N–H and O–H groups in total. The molecule has 0 heterocycles. The van der Waals surface area contributed by atoms with Crippen molar-refractivity contribution in [3.8, 4) is 5.75 Å². The fraction of sp³-hybridized carbons (Fsp3) is 0.571. The topological polar surface area (TPSA) is 55.4 Å². The van der Waals surface area contributed by atoms with Crippen LogP contribution in [0.5, 0.6) is 5.75 Å². The minimum atomic E-state index is -2.97. The first-order chi connectivity index (χ1) is 9.39. The molecule has 0 fully saturated rings. The van der Waals surface area contributed by atoms with Crippen molar-refractivity contribution < 1.29 is 17.5 Å². The monoisotopic (exact) mass is 303 g/mol. The highest BCUT2D eigenvalue weighted by atomic mass is 32.2. The van der Waals surface area contributed by atoms with Crippen LogP contribution in [0.2, 0.25) is 0 Å². The van der Waals surface area contributed by atoms with Gasteiger partial charge in [0.05, 0.1) is 12.4 Å². The lowest BCUT2D eigenvalue weighted by Crippen LogP contribution is -2.14. The van der Waals surface area contributed by atoms with Crippen molar-refractivity contribution in [2.45, 2.75) is 26.3 Å². The summed E-state index contributed by atoms with van der Waals surface area (Å²) in [6.07, 6.45) is 0.409. The second kappa shape index (κ2) is 7.59. The molecule has 4 nitrogen and oxygen atoms in total. The summed E-state index contributed by atoms with van der Waals surface area (Å²) in [6, 6.07) is 4.63. The largest absolute Gasteiger partial charge is 0.493 e. The highest BCUT2D eigenvalue weighted by molar-refractivity contribution is 7.91. The first-order valence-electron chi connectivity index (χ1n) is 6.69. The van der Waals surface area contributed by atoms with E-state index in [1.54, 1.807) is 26.1 Å². The van der Waals surface area contributed by atoms with Gasteiger partial charge in [-0.15, -0.1) is 0 Å². The summed E-state index contributed by atoms with van der Waals surface area (Å²) in [4.78, 5) is 0. The second-order valence-corrected chi connectivity index (χ2v) is 7.10. The Kier molecular flexibility index (Phi) is 6.42. The van der Waals surface area contributed by atoms with E-state index < -0.39 is 9.84 Å². The van der Waals surface area contributed by atoms with Crippen LogP contribution in [0.1, 0.15) is 31.9 Å². The lowest BCUT2D eigenvalue weighted by Gasteiger charge is -2.13. The molecule has 0 bridgehead atoms. The van der Waals surface area contributed by atoms with E-state index in [9.17, 15) is 12.8 Å². The molecule has 1 rings (SSSR count). The maximum Gasteiger partial charge on any atom is 0.150 e. The van der Waals surface area contributed by atoms with Crippen molar-refractivity contribution in [3.05, 3.63) is 29.6 Å². The van der Waals surface area contributed by atoms with Crippen LogP contribution in [0.25, 0.3) is 0 Å². The summed E-state index contributed by atoms with van der Waals surface area (Å²) in [5.74, 6) is 0.327. The maximum atomic E-state index is 13.8.